The van der Waals surface area contributed by atoms with Crippen molar-refractivity contribution in [1.82, 2.24) is 0 Å². The van der Waals surface area contributed by atoms with E-state index in [9.17, 15) is 5.11 Å². The minimum absolute atomic E-state index is 0.122. The highest BCUT2D eigenvalue weighted by Crippen LogP contribution is 2.39. The van der Waals surface area contributed by atoms with Gasteiger partial charge < -0.3 is 5.11 Å². The van der Waals surface area contributed by atoms with Crippen molar-refractivity contribution < 1.29 is 5.11 Å². The molecule has 1 fully saturated rings. The molecule has 0 spiro atoms. The molecule has 0 saturated heterocycles. The third-order valence-electron chi connectivity index (χ3n) is 2.71. The number of hydrogen-bond donors (Lipinski definition) is 1. The summed E-state index contributed by atoms with van der Waals surface area (Å²) in [4.78, 5) is 1.33. The first-order valence-corrected chi connectivity index (χ1v) is 6.37. The second kappa shape index (κ2) is 4.11. The maximum atomic E-state index is 9.85. The lowest BCUT2D eigenvalue weighted by Crippen LogP contribution is -2.21. The highest BCUT2D eigenvalue weighted by Gasteiger charge is 2.26. The average molecular weight is 261 g/mol. The van der Waals surface area contributed by atoms with Gasteiger partial charge in [0.25, 0.3) is 0 Å². The molecule has 13 heavy (non-hydrogen) atoms. The molecular formula is C10H13BrOS. The number of thiophene rings is 1. The van der Waals surface area contributed by atoms with Crippen LogP contribution in [0.25, 0.3) is 0 Å². The second-order valence-corrected chi connectivity index (χ2v) is 5.39. The van der Waals surface area contributed by atoms with E-state index in [4.69, 9.17) is 0 Å². The molecule has 1 N–H and O–H groups in total. The van der Waals surface area contributed by atoms with E-state index in [1.165, 1.54) is 22.2 Å². The Morgan fingerprint density at radius 2 is 2.15 bits per heavy atom. The Bertz CT molecular complexity index is 284. The Balaban J connectivity index is 2.19. The molecular weight excluding hydrogens is 248 g/mol. The first-order valence-electron chi connectivity index (χ1n) is 4.70. The molecule has 0 aromatic carbocycles. The van der Waals surface area contributed by atoms with Crippen molar-refractivity contribution >= 4 is 27.3 Å². The Kier molecular flexibility index (Phi) is 3.06. The van der Waals surface area contributed by atoms with Gasteiger partial charge in [0.1, 0.15) is 0 Å². The Morgan fingerprint density at radius 1 is 1.38 bits per heavy atom. The fourth-order valence-corrected chi connectivity index (χ4v) is 3.85. The van der Waals surface area contributed by atoms with Crippen LogP contribution in [-0.2, 0) is 0 Å². The van der Waals surface area contributed by atoms with Crippen LogP contribution in [-0.4, -0.2) is 11.2 Å². The second-order valence-electron chi connectivity index (χ2n) is 3.59. The van der Waals surface area contributed by atoms with Gasteiger partial charge >= 0.3 is 0 Å². The third-order valence-corrected chi connectivity index (χ3v) is 4.71. The first-order chi connectivity index (χ1) is 6.29. The van der Waals surface area contributed by atoms with Crippen LogP contribution in [0.15, 0.2) is 15.9 Å². The zero-order chi connectivity index (χ0) is 9.26. The van der Waals surface area contributed by atoms with Crippen molar-refractivity contribution in [2.24, 2.45) is 0 Å². The summed E-state index contributed by atoms with van der Waals surface area (Å²) in [6, 6.07) is 2.07. The van der Waals surface area contributed by atoms with Crippen LogP contribution >= 0.6 is 27.3 Å². The molecule has 0 bridgehead atoms. The van der Waals surface area contributed by atoms with E-state index >= 15 is 0 Å². The molecule has 1 heterocycles. The number of halogens is 1. The van der Waals surface area contributed by atoms with Gasteiger partial charge in [0.2, 0.25) is 0 Å². The van der Waals surface area contributed by atoms with Gasteiger partial charge in [0.15, 0.2) is 0 Å². The molecule has 2 rings (SSSR count). The van der Waals surface area contributed by atoms with E-state index in [0.717, 1.165) is 12.8 Å². The monoisotopic (exact) mass is 260 g/mol. The molecule has 72 valence electrons. The molecule has 1 aromatic rings. The summed E-state index contributed by atoms with van der Waals surface area (Å²) in [5.41, 5.74) is 0. The summed E-state index contributed by atoms with van der Waals surface area (Å²) >= 11 is 5.28. The van der Waals surface area contributed by atoms with Crippen LogP contribution in [0.1, 0.15) is 36.5 Å². The molecule has 0 unspecified atom stereocenters. The van der Waals surface area contributed by atoms with Crippen LogP contribution in [0.2, 0.25) is 0 Å². The molecule has 1 saturated carbocycles. The zero-order valence-electron chi connectivity index (χ0n) is 7.37. The molecule has 2 atom stereocenters. The summed E-state index contributed by atoms with van der Waals surface area (Å²) < 4.78 is 1.17. The van der Waals surface area contributed by atoms with Crippen molar-refractivity contribution in [2.45, 2.75) is 37.7 Å². The van der Waals surface area contributed by atoms with Crippen molar-refractivity contribution in [2.75, 3.05) is 0 Å². The van der Waals surface area contributed by atoms with Crippen LogP contribution in [0.3, 0.4) is 0 Å². The van der Waals surface area contributed by atoms with Gasteiger partial charge in [-0.05, 0) is 40.2 Å². The highest BCUT2D eigenvalue weighted by molar-refractivity contribution is 9.10. The molecule has 1 nitrogen and oxygen atoms in total. The number of hydrogen-bond acceptors (Lipinski definition) is 2. The van der Waals surface area contributed by atoms with Crippen LogP contribution in [0.4, 0.5) is 0 Å². The standard InChI is InChI=1S/C10H13BrOS/c11-8-5-6-13-10(8)7-3-1-2-4-9(7)12/h5-7,9,12H,1-4H2/t7-,9-/m1/s1. The molecule has 0 radical (unpaired) electrons. The lowest BCUT2D eigenvalue weighted by molar-refractivity contribution is 0.107. The van der Waals surface area contributed by atoms with E-state index in [-0.39, 0.29) is 6.10 Å². The van der Waals surface area contributed by atoms with Gasteiger partial charge in [0.05, 0.1) is 6.10 Å². The van der Waals surface area contributed by atoms with Gasteiger partial charge in [-0.3, -0.25) is 0 Å². The van der Waals surface area contributed by atoms with Gasteiger partial charge in [-0.1, -0.05) is 12.8 Å². The average Bonchev–Trinajstić information content (AvgIpc) is 2.52. The van der Waals surface area contributed by atoms with Gasteiger partial charge in [-0.2, -0.15) is 0 Å². The molecule has 1 aliphatic carbocycles. The Morgan fingerprint density at radius 3 is 2.77 bits per heavy atom. The van der Waals surface area contributed by atoms with E-state index in [0.29, 0.717) is 5.92 Å². The predicted octanol–water partition coefficient (Wildman–Crippen LogP) is 3.53. The minimum atomic E-state index is -0.122. The van der Waals surface area contributed by atoms with Crippen molar-refractivity contribution in [3.05, 3.63) is 20.8 Å². The SMILES string of the molecule is O[C@@H]1CCCC[C@H]1c1sccc1Br. The van der Waals surface area contributed by atoms with Crippen LogP contribution < -0.4 is 0 Å². The Hall–Kier alpha value is 0.140. The number of aliphatic hydroxyl groups is 1. The zero-order valence-corrected chi connectivity index (χ0v) is 9.77. The van der Waals surface area contributed by atoms with Gasteiger partial charge in [-0.25, -0.2) is 0 Å². The Labute approximate surface area is 90.9 Å². The normalized spacial score (nSPS) is 29.1. The molecule has 3 heteroatoms. The fourth-order valence-electron chi connectivity index (χ4n) is 1.99. The van der Waals surface area contributed by atoms with Crippen molar-refractivity contribution in [3.8, 4) is 0 Å². The highest BCUT2D eigenvalue weighted by atomic mass is 79.9. The predicted molar refractivity (Wildman–Crippen MR) is 59.2 cm³/mol. The van der Waals surface area contributed by atoms with E-state index < -0.39 is 0 Å². The third kappa shape index (κ3) is 1.97. The lowest BCUT2D eigenvalue weighted by Gasteiger charge is -2.26. The molecule has 1 aliphatic rings. The largest absolute Gasteiger partial charge is 0.392 e. The maximum absolute atomic E-state index is 9.85. The number of aliphatic hydroxyl groups excluding tert-OH is 1. The van der Waals surface area contributed by atoms with Crippen LogP contribution in [0, 0.1) is 0 Å². The van der Waals surface area contributed by atoms with E-state index in [1.807, 2.05) is 0 Å². The first kappa shape index (κ1) is 9.69. The number of rotatable bonds is 1. The molecule has 0 aliphatic heterocycles. The summed E-state index contributed by atoms with van der Waals surface area (Å²) in [6.45, 7) is 0. The van der Waals surface area contributed by atoms with Gasteiger partial charge in [0, 0.05) is 15.3 Å². The summed E-state index contributed by atoms with van der Waals surface area (Å²) in [5.74, 6) is 0.378. The molecule has 1 aromatic heterocycles. The maximum Gasteiger partial charge on any atom is 0.0617 e. The lowest BCUT2D eigenvalue weighted by atomic mass is 9.85. The van der Waals surface area contributed by atoms with Crippen molar-refractivity contribution in [1.29, 1.82) is 0 Å². The minimum Gasteiger partial charge on any atom is -0.392 e. The van der Waals surface area contributed by atoms with E-state index in [2.05, 4.69) is 27.4 Å². The summed E-state index contributed by atoms with van der Waals surface area (Å²) in [5, 5.41) is 11.9. The van der Waals surface area contributed by atoms with Crippen LogP contribution in [0.5, 0.6) is 0 Å². The van der Waals surface area contributed by atoms with E-state index in [1.54, 1.807) is 11.3 Å². The fraction of sp³-hybridized carbons (Fsp3) is 0.600. The summed E-state index contributed by atoms with van der Waals surface area (Å²) in [7, 11) is 0. The topological polar surface area (TPSA) is 20.2 Å². The van der Waals surface area contributed by atoms with Gasteiger partial charge in [-0.15, -0.1) is 11.3 Å². The van der Waals surface area contributed by atoms with Crippen molar-refractivity contribution in [3.63, 3.8) is 0 Å². The smallest absolute Gasteiger partial charge is 0.0617 e. The summed E-state index contributed by atoms with van der Waals surface area (Å²) in [6.07, 6.45) is 4.42. The quantitative estimate of drug-likeness (QED) is 0.819. The molecule has 0 amide bonds.